The molecule has 2 bridgehead atoms. The number of carbonyl (C=O) groups is 3. The van der Waals surface area contributed by atoms with Gasteiger partial charge in [-0.2, -0.15) is 13.2 Å². The number of nitrogens with zero attached hydrogens (tertiary/aromatic N) is 1. The van der Waals surface area contributed by atoms with E-state index in [1.807, 2.05) is 54.6 Å². The van der Waals surface area contributed by atoms with Gasteiger partial charge in [-0.05, 0) is 65.4 Å². The van der Waals surface area contributed by atoms with Crippen LogP contribution in [0.2, 0.25) is 5.02 Å². The molecule has 0 aliphatic carbocycles. The van der Waals surface area contributed by atoms with Gasteiger partial charge in [0.1, 0.15) is 42.1 Å². The number of aromatic nitrogens is 1. The number of H-pyrrole nitrogens is 1. The number of carbonyl (C=O) groups excluding carboxylic acids is 3. The third-order valence-corrected chi connectivity index (χ3v) is 12.4. The summed E-state index contributed by atoms with van der Waals surface area (Å²) in [6.07, 6.45) is -3.10. The first-order chi connectivity index (χ1) is 30.4. The maximum atomic E-state index is 13.3. The van der Waals surface area contributed by atoms with Crippen molar-refractivity contribution in [1.82, 2.24) is 10.3 Å². The Bertz CT molecular complexity index is 2570. The number of rotatable bonds is 13. The Morgan fingerprint density at radius 2 is 1.62 bits per heavy atom. The summed E-state index contributed by atoms with van der Waals surface area (Å²) < 4.78 is 44.4. The minimum absolute atomic E-state index is 0.0680. The first-order valence-corrected chi connectivity index (χ1v) is 21.0. The van der Waals surface area contributed by atoms with Crippen LogP contribution in [0.1, 0.15) is 48.5 Å². The number of quaternary nitrogens is 1. The number of aromatic hydroxyl groups is 1. The number of aryl methyl sites for hydroxylation is 1. The highest BCUT2D eigenvalue weighted by Crippen LogP contribution is 2.51. The van der Waals surface area contributed by atoms with Gasteiger partial charge in [0.05, 0.1) is 42.1 Å². The lowest BCUT2D eigenvalue weighted by Crippen LogP contribution is -2.60. The van der Waals surface area contributed by atoms with Gasteiger partial charge in [-0.1, -0.05) is 66.2 Å². The number of nitrogens with one attached hydrogen (secondary N) is 4. The Morgan fingerprint density at radius 3 is 2.30 bits per heavy atom. The molecule has 3 fully saturated rings. The van der Waals surface area contributed by atoms with Crippen molar-refractivity contribution in [2.45, 2.75) is 81.3 Å². The molecule has 14 nitrogen and oxygen atoms in total. The van der Waals surface area contributed by atoms with Crippen LogP contribution in [0.25, 0.3) is 22.0 Å². The number of ether oxygens (including phenoxy) is 2. The number of morpholine rings is 1. The zero-order valence-electron chi connectivity index (χ0n) is 34.8. The lowest BCUT2D eigenvalue weighted by molar-refractivity contribution is -0.938. The number of phenolic OH excluding ortho intramolecular Hbond substituents is 1. The van der Waals surface area contributed by atoms with E-state index in [1.54, 1.807) is 24.3 Å². The van der Waals surface area contributed by atoms with Gasteiger partial charge in [0.2, 0.25) is 11.5 Å². The second-order valence-electron chi connectivity index (χ2n) is 16.6. The summed E-state index contributed by atoms with van der Waals surface area (Å²) in [6, 6.07) is 27.9. The van der Waals surface area contributed by atoms with Crippen molar-refractivity contribution in [2.24, 2.45) is 0 Å². The largest absolute Gasteiger partial charge is 0.542 e. The van der Waals surface area contributed by atoms with E-state index in [0.717, 1.165) is 39.6 Å². The number of piperidine rings is 1. The van der Waals surface area contributed by atoms with E-state index in [0.29, 0.717) is 58.8 Å². The monoisotopic (exact) mass is 905 g/mol. The molecule has 2 amide bonds. The number of hydrogen-bond donors (Lipinski definition) is 6. The summed E-state index contributed by atoms with van der Waals surface area (Å²) >= 11 is 6.56. The van der Waals surface area contributed by atoms with Crippen LogP contribution in [0.4, 0.5) is 29.3 Å². The van der Waals surface area contributed by atoms with Crippen LogP contribution in [0.3, 0.4) is 0 Å². The van der Waals surface area contributed by atoms with Gasteiger partial charge in [0.15, 0.2) is 0 Å². The Hall–Kier alpha value is -5.98. The number of benzene rings is 4. The molecular weight excluding hydrogens is 859 g/mol. The molecule has 0 radical (unpaired) electrons. The first kappa shape index (κ1) is 46.0. The molecule has 3 aliphatic rings. The first-order valence-electron chi connectivity index (χ1n) is 20.6. The van der Waals surface area contributed by atoms with Gasteiger partial charge < -0.3 is 49.7 Å². The number of aliphatic carboxylic acids is 1. The quantitative estimate of drug-likeness (QED) is 0.0606. The molecule has 0 saturated carbocycles. The maximum Gasteiger partial charge on any atom is 0.430 e. The van der Waals surface area contributed by atoms with Crippen LogP contribution < -0.4 is 26.6 Å². The number of alkyl halides is 3. The Labute approximate surface area is 370 Å². The minimum Gasteiger partial charge on any atom is -0.542 e. The second kappa shape index (κ2) is 19.0. The molecular formula is C46H47ClF3N5O9. The third kappa shape index (κ3) is 10.7. The van der Waals surface area contributed by atoms with Gasteiger partial charge in [0, 0.05) is 49.4 Å². The summed E-state index contributed by atoms with van der Waals surface area (Å²) in [4.78, 5) is 49.4. The molecule has 3 aliphatic heterocycles. The second-order valence-corrected chi connectivity index (χ2v) is 17.0. The summed E-state index contributed by atoms with van der Waals surface area (Å²) in [7, 11) is 4.50. The van der Waals surface area contributed by atoms with Crippen LogP contribution >= 0.6 is 11.6 Å². The fourth-order valence-corrected chi connectivity index (χ4v) is 9.01. The number of carboxylic acids is 1. The molecule has 1 aromatic heterocycles. The lowest BCUT2D eigenvalue weighted by atomic mass is 9.96. The van der Waals surface area contributed by atoms with Crippen LogP contribution in [-0.2, 0) is 32.0 Å². The molecule has 6 N–H and O–H groups in total. The Morgan fingerprint density at radius 1 is 0.938 bits per heavy atom. The van der Waals surface area contributed by atoms with Crippen LogP contribution in [0.5, 0.6) is 5.75 Å². The zero-order chi connectivity index (χ0) is 45.9. The van der Waals surface area contributed by atoms with E-state index in [2.05, 4.69) is 35.0 Å². The van der Waals surface area contributed by atoms with E-state index in [4.69, 9.17) is 31.0 Å². The molecule has 0 spiro atoms. The van der Waals surface area contributed by atoms with Crippen molar-refractivity contribution in [3.63, 3.8) is 0 Å². The molecule has 4 aromatic carbocycles. The fourth-order valence-electron chi connectivity index (χ4n) is 8.76. The highest BCUT2D eigenvalue weighted by molar-refractivity contribution is 6.33. The van der Waals surface area contributed by atoms with Crippen LogP contribution in [-0.4, -0.2) is 94.9 Å². The standard InChI is InChI=1S/C44H46ClN5O7.C2HF3O2/c1-50(2)35-21-28(22-36(50)43-42(35)57-43)56-44(55)48-34-20-25(11-13-29(34)27-8-4-3-5-9-27)7-6-10-39(53)47-33-16-12-26(19-32(33)45)23-46-24-38(52)30-14-17-37(51)41-31(30)15-18-40(54)49-41;3-2(4,5)1(6)7/h3-5,8-9,11-20,28,35-36,38,42-43,46,52H,6-7,10,21-24H2,1-2H3,(H3-,47,48,49,51,53,54,55);(H,6,7)/t28?,35-,36+,38-,42-,43+;/m0./s1. The van der Waals surface area contributed by atoms with Crippen molar-refractivity contribution in [3.05, 3.63) is 123 Å². The molecule has 3 saturated heterocycles. The maximum absolute atomic E-state index is 13.3. The number of aromatic amines is 1. The molecule has 8 rings (SSSR count). The normalized spacial score (nSPS) is 20.9. The zero-order valence-corrected chi connectivity index (χ0v) is 35.5. The number of carboxylic acid groups (broad SMARTS) is 1. The van der Waals surface area contributed by atoms with Crippen molar-refractivity contribution in [2.75, 3.05) is 31.3 Å². The van der Waals surface area contributed by atoms with E-state index >= 15 is 0 Å². The van der Waals surface area contributed by atoms with Crippen molar-refractivity contribution < 1.29 is 56.8 Å². The minimum atomic E-state index is -5.19. The molecule has 64 heavy (non-hydrogen) atoms. The van der Waals surface area contributed by atoms with E-state index < -0.39 is 24.3 Å². The average molecular weight is 906 g/mol. The topological polar surface area (TPSA) is 205 Å². The third-order valence-electron chi connectivity index (χ3n) is 12.1. The van der Waals surface area contributed by atoms with Gasteiger partial charge in [-0.25, -0.2) is 4.79 Å². The van der Waals surface area contributed by atoms with E-state index in [-0.39, 0.29) is 54.0 Å². The van der Waals surface area contributed by atoms with Crippen molar-refractivity contribution in [3.8, 4) is 16.9 Å². The van der Waals surface area contributed by atoms with Crippen LogP contribution in [0.15, 0.2) is 95.8 Å². The number of amides is 2. The number of aliphatic hydroxyl groups excluding tert-OH is 1. The van der Waals surface area contributed by atoms with E-state index in [1.165, 1.54) is 12.1 Å². The number of epoxide rings is 1. The number of pyridine rings is 1. The highest BCUT2D eigenvalue weighted by atomic mass is 35.5. The van der Waals surface area contributed by atoms with Gasteiger partial charge in [0.25, 0.3) is 0 Å². The predicted octanol–water partition coefficient (Wildman–Crippen LogP) is 5.94. The number of likely N-dealkylation sites (N-methyl/N-ethyl adjacent to an activating group) is 1. The number of hydrogen-bond acceptors (Lipinski definition) is 10. The van der Waals surface area contributed by atoms with Crippen LogP contribution in [0, 0.1) is 0 Å². The molecule has 338 valence electrons. The molecule has 1 unspecified atom stereocenters. The fraction of sp³-hybridized carbons (Fsp3) is 0.348. The number of fused-ring (bicyclic) bond motifs is 6. The van der Waals surface area contributed by atoms with Gasteiger partial charge in [-0.15, -0.1) is 0 Å². The molecule has 18 heteroatoms. The Kier molecular flexibility index (Phi) is 13.7. The summed E-state index contributed by atoms with van der Waals surface area (Å²) in [5.74, 6) is -3.24. The number of halogens is 4. The summed E-state index contributed by atoms with van der Waals surface area (Å²) in [5, 5.41) is 39.9. The molecule has 4 heterocycles. The number of aliphatic hydroxyl groups is 1. The number of anilines is 2. The highest BCUT2D eigenvalue weighted by Gasteiger charge is 2.70. The van der Waals surface area contributed by atoms with Crippen molar-refractivity contribution >= 4 is 51.8 Å². The summed E-state index contributed by atoms with van der Waals surface area (Å²) in [6.45, 7) is 0.618. The average Bonchev–Trinajstić information content (AvgIpc) is 4.01. The van der Waals surface area contributed by atoms with Crippen molar-refractivity contribution in [1.29, 1.82) is 0 Å². The summed E-state index contributed by atoms with van der Waals surface area (Å²) in [5.41, 5.74) is 5.38. The molecule has 6 atom stereocenters. The van der Waals surface area contributed by atoms with Gasteiger partial charge >= 0.3 is 12.3 Å². The predicted molar refractivity (Wildman–Crippen MR) is 230 cm³/mol. The Balaban J connectivity index is 0.000000809. The SMILES string of the molecule is C[N+]1(C)[C@@H]2CC(OC(=O)Nc3cc(CCCC(=O)Nc4ccc(CNC[C@H](O)c5ccc(O)c6[nH]c(=O)ccc56)cc4Cl)ccc3-c3ccccc3)C[C@H]1[C@@H]1O[C@@H]12.O=C([O-])C(F)(F)F. The lowest BCUT2D eigenvalue weighted by Gasteiger charge is -2.45. The molecule has 5 aromatic rings. The van der Waals surface area contributed by atoms with Gasteiger partial charge in [-0.3, -0.25) is 14.9 Å². The van der Waals surface area contributed by atoms with E-state index in [9.17, 15) is 37.8 Å². The smallest absolute Gasteiger partial charge is 0.430 e. The number of phenols is 1.